The molecule has 2 heterocycles. The normalized spacial score (nSPS) is 10.8. The van der Waals surface area contributed by atoms with Crippen LogP contribution >= 0.6 is 0 Å². The summed E-state index contributed by atoms with van der Waals surface area (Å²) >= 11 is 0. The molecule has 0 atom stereocenters. The molecule has 3 aromatic rings. The van der Waals surface area contributed by atoms with E-state index in [1.165, 1.54) is 0 Å². The Bertz CT molecular complexity index is 887. The minimum atomic E-state index is -0.162. The van der Waals surface area contributed by atoms with E-state index in [9.17, 15) is 4.79 Å². The lowest BCUT2D eigenvalue weighted by molar-refractivity contribution is -0.123. The summed E-state index contributed by atoms with van der Waals surface area (Å²) in [5, 5.41) is 2.86. The molecule has 2 aromatic heterocycles. The quantitative estimate of drug-likeness (QED) is 0.698. The molecule has 0 saturated heterocycles. The van der Waals surface area contributed by atoms with Crippen molar-refractivity contribution in [3.05, 3.63) is 71.9 Å². The molecule has 0 spiro atoms. The summed E-state index contributed by atoms with van der Waals surface area (Å²) in [5.74, 6) is 1.73. The highest BCUT2D eigenvalue weighted by Crippen LogP contribution is 2.27. The number of hydrogen-bond acceptors (Lipinski definition) is 4. The fraction of sp³-hybridized carbons (Fsp3) is 0.286. The molecule has 0 aliphatic rings. The number of nitrogens with zero attached hydrogens (tertiary/aromatic N) is 3. The van der Waals surface area contributed by atoms with Crippen molar-refractivity contribution in [2.75, 3.05) is 6.61 Å². The number of hydrogen-bond donors (Lipinski definition) is 1. The third kappa shape index (κ3) is 4.94. The van der Waals surface area contributed by atoms with Gasteiger partial charge in [0.2, 0.25) is 0 Å². The van der Waals surface area contributed by atoms with Gasteiger partial charge in [-0.2, -0.15) is 0 Å². The zero-order chi connectivity index (χ0) is 19.2. The van der Waals surface area contributed by atoms with Crippen LogP contribution in [0.15, 0.2) is 55.2 Å². The van der Waals surface area contributed by atoms with Gasteiger partial charge < -0.3 is 10.1 Å². The van der Waals surface area contributed by atoms with Gasteiger partial charge in [-0.1, -0.05) is 32.0 Å². The van der Waals surface area contributed by atoms with Crippen LogP contribution in [-0.2, 0) is 11.3 Å². The van der Waals surface area contributed by atoms with Gasteiger partial charge in [-0.25, -0.2) is 9.97 Å². The molecular formula is C21H24N4O2. The molecule has 3 rings (SSSR count). The van der Waals surface area contributed by atoms with Crippen LogP contribution in [-0.4, -0.2) is 27.0 Å². The number of aryl methyl sites for hydroxylation is 1. The molecule has 0 radical (unpaired) electrons. The molecule has 1 amide bonds. The zero-order valence-corrected chi connectivity index (χ0v) is 15.8. The third-order valence-corrected chi connectivity index (χ3v) is 4.22. The lowest BCUT2D eigenvalue weighted by Crippen LogP contribution is -2.28. The summed E-state index contributed by atoms with van der Waals surface area (Å²) < 4.78 is 7.58. The van der Waals surface area contributed by atoms with E-state index in [4.69, 9.17) is 4.74 Å². The van der Waals surface area contributed by atoms with Crippen LogP contribution in [0.25, 0.3) is 5.82 Å². The van der Waals surface area contributed by atoms with E-state index in [1.807, 2.05) is 35.9 Å². The van der Waals surface area contributed by atoms with Gasteiger partial charge in [0.15, 0.2) is 6.61 Å². The standard InChI is InChI=1S/C21H24N4O2/c1-15(2)18-6-4-16(3)10-19(18)27-13-21(26)24-12-17-5-7-20(23-11-17)25-9-8-22-14-25/h4-11,14-15H,12-13H2,1-3H3,(H,24,26). The lowest BCUT2D eigenvalue weighted by atomic mass is 10.0. The minimum Gasteiger partial charge on any atom is -0.483 e. The van der Waals surface area contributed by atoms with Gasteiger partial charge in [0.25, 0.3) is 5.91 Å². The van der Waals surface area contributed by atoms with E-state index in [1.54, 1.807) is 18.7 Å². The highest BCUT2D eigenvalue weighted by molar-refractivity contribution is 5.77. The second-order valence-electron chi connectivity index (χ2n) is 6.76. The van der Waals surface area contributed by atoms with Gasteiger partial charge >= 0.3 is 0 Å². The average molecular weight is 364 g/mol. The third-order valence-electron chi connectivity index (χ3n) is 4.22. The molecule has 6 nitrogen and oxygen atoms in total. The van der Waals surface area contributed by atoms with Crippen LogP contribution in [0.5, 0.6) is 5.75 Å². The second kappa shape index (κ2) is 8.49. The van der Waals surface area contributed by atoms with Crippen LogP contribution in [0.1, 0.15) is 36.5 Å². The van der Waals surface area contributed by atoms with Crippen LogP contribution < -0.4 is 10.1 Å². The van der Waals surface area contributed by atoms with E-state index in [2.05, 4.69) is 41.3 Å². The molecular weight excluding hydrogens is 340 g/mol. The van der Waals surface area contributed by atoms with Crippen molar-refractivity contribution in [2.24, 2.45) is 0 Å². The van der Waals surface area contributed by atoms with E-state index in [-0.39, 0.29) is 12.5 Å². The van der Waals surface area contributed by atoms with Crippen molar-refractivity contribution >= 4 is 5.91 Å². The lowest BCUT2D eigenvalue weighted by Gasteiger charge is -2.15. The Kier molecular flexibility index (Phi) is 5.86. The number of rotatable bonds is 7. The molecule has 6 heteroatoms. The van der Waals surface area contributed by atoms with Crippen molar-refractivity contribution in [2.45, 2.75) is 33.2 Å². The first-order chi connectivity index (χ1) is 13.0. The van der Waals surface area contributed by atoms with Gasteiger partial charge in [-0.05, 0) is 41.7 Å². The Morgan fingerprint density at radius 2 is 2.11 bits per heavy atom. The Labute approximate surface area is 159 Å². The number of pyridine rings is 1. The average Bonchev–Trinajstić information content (AvgIpc) is 3.19. The van der Waals surface area contributed by atoms with Gasteiger partial charge in [-0.3, -0.25) is 9.36 Å². The van der Waals surface area contributed by atoms with Gasteiger partial charge in [0.1, 0.15) is 17.9 Å². The SMILES string of the molecule is Cc1ccc(C(C)C)c(OCC(=O)NCc2ccc(-n3ccnc3)nc2)c1. The summed E-state index contributed by atoms with van der Waals surface area (Å²) in [4.78, 5) is 20.5. The molecule has 0 unspecified atom stereocenters. The fourth-order valence-corrected chi connectivity index (χ4v) is 2.71. The maximum absolute atomic E-state index is 12.1. The molecule has 0 aliphatic carbocycles. The van der Waals surface area contributed by atoms with E-state index in [0.717, 1.165) is 28.3 Å². The Morgan fingerprint density at radius 3 is 2.78 bits per heavy atom. The predicted molar refractivity (Wildman–Crippen MR) is 104 cm³/mol. The van der Waals surface area contributed by atoms with Crippen molar-refractivity contribution < 1.29 is 9.53 Å². The largest absolute Gasteiger partial charge is 0.483 e. The summed E-state index contributed by atoms with van der Waals surface area (Å²) in [5.41, 5.74) is 3.14. The van der Waals surface area contributed by atoms with Gasteiger partial charge in [0.05, 0.1) is 0 Å². The van der Waals surface area contributed by atoms with Crippen molar-refractivity contribution in [1.29, 1.82) is 0 Å². The molecule has 0 saturated carbocycles. The first-order valence-electron chi connectivity index (χ1n) is 8.96. The molecule has 1 aromatic carbocycles. The second-order valence-corrected chi connectivity index (χ2v) is 6.76. The van der Waals surface area contributed by atoms with Crippen LogP contribution in [0, 0.1) is 6.92 Å². The predicted octanol–water partition coefficient (Wildman–Crippen LogP) is 3.39. The summed E-state index contributed by atoms with van der Waals surface area (Å²) in [6, 6.07) is 9.91. The minimum absolute atomic E-state index is 0.0102. The first-order valence-corrected chi connectivity index (χ1v) is 8.96. The van der Waals surface area contributed by atoms with Crippen LogP contribution in [0.2, 0.25) is 0 Å². The summed E-state index contributed by atoms with van der Waals surface area (Å²) in [6.45, 7) is 6.63. The van der Waals surface area contributed by atoms with E-state index >= 15 is 0 Å². The number of carbonyl (C=O) groups is 1. The maximum atomic E-state index is 12.1. The molecule has 0 fully saturated rings. The number of aromatic nitrogens is 3. The molecule has 0 aliphatic heterocycles. The summed E-state index contributed by atoms with van der Waals surface area (Å²) in [6.07, 6.45) is 6.97. The molecule has 140 valence electrons. The highest BCUT2D eigenvalue weighted by atomic mass is 16.5. The number of nitrogens with one attached hydrogen (secondary N) is 1. The van der Waals surface area contributed by atoms with Crippen LogP contribution in [0.3, 0.4) is 0 Å². The number of imidazole rings is 1. The van der Waals surface area contributed by atoms with E-state index in [0.29, 0.717) is 12.5 Å². The topological polar surface area (TPSA) is 69.0 Å². The van der Waals surface area contributed by atoms with E-state index < -0.39 is 0 Å². The maximum Gasteiger partial charge on any atom is 0.258 e. The number of carbonyl (C=O) groups excluding carboxylic acids is 1. The Balaban J connectivity index is 1.52. The molecule has 1 N–H and O–H groups in total. The fourth-order valence-electron chi connectivity index (χ4n) is 2.71. The number of amides is 1. The van der Waals surface area contributed by atoms with Crippen molar-refractivity contribution in [3.8, 4) is 11.6 Å². The molecule has 0 bridgehead atoms. The highest BCUT2D eigenvalue weighted by Gasteiger charge is 2.10. The zero-order valence-electron chi connectivity index (χ0n) is 15.8. The number of benzene rings is 1. The van der Waals surface area contributed by atoms with Crippen molar-refractivity contribution in [1.82, 2.24) is 19.9 Å². The Hall–Kier alpha value is -3.15. The monoisotopic (exact) mass is 364 g/mol. The van der Waals surface area contributed by atoms with Crippen molar-refractivity contribution in [3.63, 3.8) is 0 Å². The Morgan fingerprint density at radius 1 is 1.26 bits per heavy atom. The number of ether oxygens (including phenoxy) is 1. The van der Waals surface area contributed by atoms with Gasteiger partial charge in [0, 0.05) is 25.1 Å². The first kappa shape index (κ1) is 18.6. The van der Waals surface area contributed by atoms with Crippen LogP contribution in [0.4, 0.5) is 0 Å². The summed E-state index contributed by atoms with van der Waals surface area (Å²) in [7, 11) is 0. The smallest absolute Gasteiger partial charge is 0.258 e. The molecule has 27 heavy (non-hydrogen) atoms. The van der Waals surface area contributed by atoms with Gasteiger partial charge in [-0.15, -0.1) is 0 Å².